The molecule has 0 aromatic heterocycles. The Morgan fingerprint density at radius 3 is 1.38 bits per heavy atom. The Morgan fingerprint density at radius 2 is 1.06 bits per heavy atom. The molecule has 0 saturated heterocycles. The second-order valence-electron chi connectivity index (χ2n) is 12.1. The molecule has 10 unspecified atom stereocenters. The molecule has 0 spiro atoms. The molecule has 0 aromatic carbocycles. The Balaban J connectivity index is 0.000000191. The lowest BCUT2D eigenvalue weighted by atomic mass is 9.69. The first-order valence-corrected chi connectivity index (χ1v) is 14.9. The standard InChI is InChI=1S/2C15H28O2/c2*1-3-13(17-2)7-5-4-6-11-8-9-12-10-14(16)15(11)12/h2*11-16H,3-10H2,1-2H3. The lowest BCUT2D eigenvalue weighted by molar-refractivity contribution is -0.0372. The van der Waals surface area contributed by atoms with Crippen molar-refractivity contribution in [3.8, 4) is 0 Å². The van der Waals surface area contributed by atoms with Crippen molar-refractivity contribution < 1.29 is 19.7 Å². The van der Waals surface area contributed by atoms with Gasteiger partial charge in [0.2, 0.25) is 0 Å². The SMILES string of the molecule is CCC(CCCCC1CCC2CC(O)C12)OC.CCC(CCCCC1CCC2CC(O)C12)OC. The molecule has 4 fully saturated rings. The predicted molar refractivity (Wildman–Crippen MR) is 140 cm³/mol. The zero-order valence-electron chi connectivity index (χ0n) is 22.8. The third-order valence-corrected chi connectivity index (χ3v) is 10.3. The summed E-state index contributed by atoms with van der Waals surface area (Å²) >= 11 is 0. The fourth-order valence-electron chi connectivity index (χ4n) is 7.95. The van der Waals surface area contributed by atoms with Crippen molar-refractivity contribution in [2.45, 2.75) is 141 Å². The molecule has 4 aliphatic rings. The summed E-state index contributed by atoms with van der Waals surface area (Å²) in [6.07, 6.45) is 21.2. The summed E-state index contributed by atoms with van der Waals surface area (Å²) in [6, 6.07) is 0. The largest absolute Gasteiger partial charge is 0.393 e. The third kappa shape index (κ3) is 7.43. The fraction of sp³-hybridized carbons (Fsp3) is 1.00. The zero-order chi connectivity index (χ0) is 24.5. The average molecular weight is 481 g/mol. The van der Waals surface area contributed by atoms with Crippen LogP contribution in [-0.4, -0.2) is 48.8 Å². The molecule has 2 N–H and O–H groups in total. The van der Waals surface area contributed by atoms with E-state index in [0.29, 0.717) is 24.0 Å². The third-order valence-electron chi connectivity index (χ3n) is 10.3. The number of aliphatic hydroxyl groups excluding tert-OH is 2. The van der Waals surface area contributed by atoms with Crippen molar-refractivity contribution in [1.82, 2.24) is 0 Å². The summed E-state index contributed by atoms with van der Waals surface area (Å²) in [5.74, 6) is 4.73. The number of rotatable bonds is 14. The van der Waals surface area contributed by atoms with Crippen LogP contribution in [0.1, 0.15) is 117 Å². The van der Waals surface area contributed by atoms with Gasteiger partial charge in [0.15, 0.2) is 0 Å². The van der Waals surface area contributed by atoms with Crippen LogP contribution in [0.25, 0.3) is 0 Å². The van der Waals surface area contributed by atoms with Gasteiger partial charge in [-0.3, -0.25) is 0 Å². The lowest BCUT2D eigenvalue weighted by Crippen LogP contribution is -2.40. The Bertz CT molecular complexity index is 498. The highest BCUT2D eigenvalue weighted by atomic mass is 16.5. The minimum absolute atomic E-state index is 0.0369. The average Bonchev–Trinajstić information content (AvgIpc) is 3.34. The number of aliphatic hydroxyl groups is 2. The van der Waals surface area contributed by atoms with E-state index < -0.39 is 0 Å². The maximum absolute atomic E-state index is 9.79. The smallest absolute Gasteiger partial charge is 0.0576 e. The van der Waals surface area contributed by atoms with Gasteiger partial charge in [0.1, 0.15) is 0 Å². The van der Waals surface area contributed by atoms with Crippen LogP contribution in [-0.2, 0) is 9.47 Å². The van der Waals surface area contributed by atoms with E-state index >= 15 is 0 Å². The van der Waals surface area contributed by atoms with Gasteiger partial charge >= 0.3 is 0 Å². The Kier molecular flexibility index (Phi) is 12.2. The van der Waals surface area contributed by atoms with E-state index in [4.69, 9.17) is 9.47 Å². The van der Waals surface area contributed by atoms with Gasteiger partial charge in [-0.05, 0) is 99.7 Å². The summed E-state index contributed by atoms with van der Waals surface area (Å²) in [4.78, 5) is 0. The van der Waals surface area contributed by atoms with E-state index in [2.05, 4.69) is 13.8 Å². The van der Waals surface area contributed by atoms with Gasteiger partial charge in [0.05, 0.1) is 24.4 Å². The van der Waals surface area contributed by atoms with E-state index in [0.717, 1.165) is 49.4 Å². The molecule has 4 nitrogen and oxygen atoms in total. The van der Waals surface area contributed by atoms with Crippen LogP contribution in [0, 0.1) is 35.5 Å². The summed E-state index contributed by atoms with van der Waals surface area (Å²) in [5, 5.41) is 19.6. The molecular formula is C30H56O4. The molecule has 0 aliphatic heterocycles. The topological polar surface area (TPSA) is 58.9 Å². The van der Waals surface area contributed by atoms with Gasteiger partial charge in [-0.2, -0.15) is 0 Å². The summed E-state index contributed by atoms with van der Waals surface area (Å²) in [6.45, 7) is 4.39. The van der Waals surface area contributed by atoms with Crippen molar-refractivity contribution in [2.75, 3.05) is 14.2 Å². The molecule has 34 heavy (non-hydrogen) atoms. The van der Waals surface area contributed by atoms with Gasteiger partial charge < -0.3 is 19.7 Å². The van der Waals surface area contributed by atoms with Gasteiger partial charge in [-0.15, -0.1) is 0 Å². The molecule has 10 atom stereocenters. The van der Waals surface area contributed by atoms with E-state index in [1.54, 1.807) is 0 Å². The van der Waals surface area contributed by atoms with E-state index in [9.17, 15) is 10.2 Å². The molecule has 0 radical (unpaired) electrons. The van der Waals surface area contributed by atoms with Crippen molar-refractivity contribution in [1.29, 1.82) is 0 Å². The van der Waals surface area contributed by atoms with Crippen molar-refractivity contribution in [3.63, 3.8) is 0 Å². The highest BCUT2D eigenvalue weighted by Gasteiger charge is 2.49. The van der Waals surface area contributed by atoms with Gasteiger partial charge in [-0.25, -0.2) is 0 Å². The van der Waals surface area contributed by atoms with Crippen LogP contribution in [0.5, 0.6) is 0 Å². The normalized spacial score (nSPS) is 37.6. The summed E-state index contributed by atoms with van der Waals surface area (Å²) in [7, 11) is 3.64. The number of hydrogen-bond acceptors (Lipinski definition) is 4. The molecule has 4 rings (SSSR count). The van der Waals surface area contributed by atoms with Crippen molar-refractivity contribution >= 4 is 0 Å². The molecule has 4 aliphatic carbocycles. The van der Waals surface area contributed by atoms with E-state index in [1.165, 1.54) is 77.0 Å². The molecular weight excluding hydrogens is 424 g/mol. The molecule has 0 heterocycles. The number of fused-ring (bicyclic) bond motifs is 2. The zero-order valence-corrected chi connectivity index (χ0v) is 22.8. The number of hydrogen-bond donors (Lipinski definition) is 2. The number of ether oxygens (including phenoxy) is 2. The minimum Gasteiger partial charge on any atom is -0.393 e. The molecule has 0 aromatic rings. The Morgan fingerprint density at radius 1 is 0.647 bits per heavy atom. The highest BCUT2D eigenvalue weighted by Crippen LogP contribution is 2.52. The highest BCUT2D eigenvalue weighted by molar-refractivity contribution is 4.98. The van der Waals surface area contributed by atoms with Gasteiger partial charge in [0, 0.05) is 14.2 Å². The summed E-state index contributed by atoms with van der Waals surface area (Å²) in [5.41, 5.74) is 0. The molecule has 200 valence electrons. The maximum Gasteiger partial charge on any atom is 0.0576 e. The number of methoxy groups -OCH3 is 2. The molecule has 0 bridgehead atoms. The second kappa shape index (κ2) is 14.5. The quantitative estimate of drug-likeness (QED) is 0.270. The van der Waals surface area contributed by atoms with Crippen LogP contribution in [0.15, 0.2) is 0 Å². The minimum atomic E-state index is 0.0369. The van der Waals surface area contributed by atoms with Crippen LogP contribution >= 0.6 is 0 Å². The second-order valence-corrected chi connectivity index (χ2v) is 12.1. The maximum atomic E-state index is 9.79. The first-order chi connectivity index (χ1) is 16.5. The van der Waals surface area contributed by atoms with Crippen molar-refractivity contribution in [3.05, 3.63) is 0 Å². The first kappa shape index (κ1) is 28.4. The fourth-order valence-corrected chi connectivity index (χ4v) is 7.95. The van der Waals surface area contributed by atoms with Crippen molar-refractivity contribution in [2.24, 2.45) is 35.5 Å². The molecule has 0 amide bonds. The molecule has 4 heteroatoms. The van der Waals surface area contributed by atoms with Crippen LogP contribution in [0.3, 0.4) is 0 Å². The monoisotopic (exact) mass is 480 g/mol. The van der Waals surface area contributed by atoms with E-state index in [-0.39, 0.29) is 12.2 Å². The lowest BCUT2D eigenvalue weighted by Gasteiger charge is -2.40. The summed E-state index contributed by atoms with van der Waals surface area (Å²) < 4.78 is 10.8. The van der Waals surface area contributed by atoms with Crippen LogP contribution in [0.2, 0.25) is 0 Å². The van der Waals surface area contributed by atoms with Crippen LogP contribution < -0.4 is 0 Å². The van der Waals surface area contributed by atoms with E-state index in [1.807, 2.05) is 14.2 Å². The van der Waals surface area contributed by atoms with Gasteiger partial charge in [0.25, 0.3) is 0 Å². The first-order valence-electron chi connectivity index (χ1n) is 14.9. The van der Waals surface area contributed by atoms with Gasteiger partial charge in [-0.1, -0.05) is 52.4 Å². The molecule has 4 saturated carbocycles. The Hall–Kier alpha value is -0.160. The van der Waals surface area contributed by atoms with Crippen LogP contribution in [0.4, 0.5) is 0 Å². The number of unbranched alkanes of at least 4 members (excludes halogenated alkanes) is 2. The predicted octanol–water partition coefficient (Wildman–Crippen LogP) is 6.76. The Labute approximate surface area is 210 Å².